The van der Waals surface area contributed by atoms with Gasteiger partial charge in [0.2, 0.25) is 0 Å². The molecule has 0 bridgehead atoms. The predicted molar refractivity (Wildman–Crippen MR) is 88.7 cm³/mol. The van der Waals surface area contributed by atoms with Gasteiger partial charge in [-0.15, -0.1) is 0 Å². The van der Waals surface area contributed by atoms with Gasteiger partial charge < -0.3 is 5.32 Å². The summed E-state index contributed by atoms with van der Waals surface area (Å²) < 4.78 is 0. The van der Waals surface area contributed by atoms with E-state index in [0.717, 1.165) is 16.5 Å². The molecule has 0 saturated heterocycles. The van der Waals surface area contributed by atoms with Crippen molar-refractivity contribution in [3.05, 3.63) is 58.6 Å². The van der Waals surface area contributed by atoms with Gasteiger partial charge >= 0.3 is 0 Å². The number of hydrogen-bond donors (Lipinski definition) is 1. The minimum Gasteiger partial charge on any atom is -0.310 e. The van der Waals surface area contributed by atoms with E-state index in [9.17, 15) is 0 Å². The lowest BCUT2D eigenvalue weighted by molar-refractivity contribution is 0.585. The van der Waals surface area contributed by atoms with Gasteiger partial charge in [0.15, 0.2) is 0 Å². The monoisotopic (exact) mass is 305 g/mol. The molecule has 20 heavy (non-hydrogen) atoms. The average Bonchev–Trinajstić information content (AvgIpc) is 2.41. The summed E-state index contributed by atoms with van der Waals surface area (Å²) in [6, 6.07) is 15.1. The Kier molecular flexibility index (Phi) is 5.53. The van der Waals surface area contributed by atoms with Crippen LogP contribution < -0.4 is 5.32 Å². The van der Waals surface area contributed by atoms with Crippen molar-refractivity contribution in [1.29, 1.82) is 0 Å². The first-order valence-corrected chi connectivity index (χ1v) is 8.01. The van der Waals surface area contributed by atoms with Crippen molar-refractivity contribution in [3.8, 4) is 0 Å². The Balaban J connectivity index is 2.23. The maximum Gasteiger partial charge on any atom is 0.0548 e. The number of halogens is 1. The van der Waals surface area contributed by atoms with Crippen LogP contribution in [-0.4, -0.2) is 6.04 Å². The summed E-state index contributed by atoms with van der Waals surface area (Å²) in [4.78, 5) is 2.36. The molecule has 1 nitrogen and oxygen atoms in total. The van der Waals surface area contributed by atoms with Crippen molar-refractivity contribution in [3.63, 3.8) is 0 Å². The van der Waals surface area contributed by atoms with E-state index in [0.29, 0.717) is 6.04 Å². The van der Waals surface area contributed by atoms with Crippen molar-refractivity contribution < 1.29 is 0 Å². The summed E-state index contributed by atoms with van der Waals surface area (Å²) in [6.07, 6.45) is 0. The minimum absolute atomic E-state index is 0.464. The van der Waals surface area contributed by atoms with Gasteiger partial charge in [0, 0.05) is 22.4 Å². The lowest BCUT2D eigenvalue weighted by Crippen LogP contribution is -2.22. The van der Waals surface area contributed by atoms with Gasteiger partial charge in [0.05, 0.1) is 5.02 Å². The van der Waals surface area contributed by atoms with E-state index in [1.54, 1.807) is 11.8 Å². The van der Waals surface area contributed by atoms with Crippen molar-refractivity contribution in [2.75, 3.05) is 0 Å². The first-order chi connectivity index (χ1) is 9.56. The van der Waals surface area contributed by atoms with Crippen molar-refractivity contribution in [1.82, 2.24) is 5.32 Å². The molecule has 0 aliphatic rings. The molecule has 0 aliphatic carbocycles. The molecule has 0 unspecified atom stereocenters. The second kappa shape index (κ2) is 7.16. The number of benzene rings is 2. The highest BCUT2D eigenvalue weighted by atomic mass is 35.5. The molecule has 3 heteroatoms. The highest BCUT2D eigenvalue weighted by Crippen LogP contribution is 2.36. The third-order valence-corrected chi connectivity index (χ3v) is 4.61. The normalized spacial score (nSPS) is 11.1. The van der Waals surface area contributed by atoms with Crippen LogP contribution in [-0.2, 0) is 6.54 Å². The van der Waals surface area contributed by atoms with Crippen LogP contribution in [0.1, 0.15) is 25.0 Å². The van der Waals surface area contributed by atoms with Gasteiger partial charge in [-0.3, -0.25) is 0 Å². The molecular weight excluding hydrogens is 286 g/mol. The fourth-order valence-corrected chi connectivity index (χ4v) is 3.10. The molecule has 2 aromatic carbocycles. The number of rotatable bonds is 5. The second-order valence-electron chi connectivity index (χ2n) is 5.18. The molecule has 1 N–H and O–H groups in total. The summed E-state index contributed by atoms with van der Waals surface area (Å²) in [5, 5.41) is 4.27. The Morgan fingerprint density at radius 1 is 1.10 bits per heavy atom. The highest BCUT2D eigenvalue weighted by molar-refractivity contribution is 7.99. The van der Waals surface area contributed by atoms with Crippen LogP contribution >= 0.6 is 23.4 Å². The SMILES string of the molecule is Cc1ccc(Sc2c(Cl)cccc2CNC(C)C)cc1. The summed E-state index contributed by atoms with van der Waals surface area (Å²) in [5.74, 6) is 0. The maximum absolute atomic E-state index is 6.38. The zero-order chi connectivity index (χ0) is 14.5. The minimum atomic E-state index is 0.464. The van der Waals surface area contributed by atoms with E-state index in [2.05, 4.69) is 56.4 Å². The van der Waals surface area contributed by atoms with Crippen molar-refractivity contribution in [2.45, 2.75) is 43.1 Å². The zero-order valence-corrected chi connectivity index (χ0v) is 13.7. The number of aryl methyl sites for hydroxylation is 1. The van der Waals surface area contributed by atoms with Crippen molar-refractivity contribution in [2.24, 2.45) is 0 Å². The Bertz CT molecular complexity index is 564. The Morgan fingerprint density at radius 2 is 1.80 bits per heavy atom. The molecule has 0 saturated carbocycles. The third-order valence-electron chi connectivity index (χ3n) is 2.99. The quantitative estimate of drug-likeness (QED) is 0.804. The largest absolute Gasteiger partial charge is 0.310 e. The van der Waals surface area contributed by atoms with E-state index in [4.69, 9.17) is 11.6 Å². The number of nitrogens with one attached hydrogen (secondary N) is 1. The van der Waals surface area contributed by atoms with Gasteiger partial charge in [0.25, 0.3) is 0 Å². The topological polar surface area (TPSA) is 12.0 Å². The molecule has 2 aromatic rings. The molecule has 0 aliphatic heterocycles. The van der Waals surface area contributed by atoms with Crippen LogP contribution in [0.15, 0.2) is 52.3 Å². The van der Waals surface area contributed by atoms with Gasteiger partial charge in [-0.25, -0.2) is 0 Å². The molecule has 0 heterocycles. The molecule has 0 atom stereocenters. The Morgan fingerprint density at radius 3 is 2.45 bits per heavy atom. The van der Waals surface area contributed by atoms with Crippen LogP contribution in [0.2, 0.25) is 5.02 Å². The predicted octanol–water partition coefficient (Wildman–Crippen LogP) is 5.30. The summed E-state index contributed by atoms with van der Waals surface area (Å²) >= 11 is 8.11. The van der Waals surface area contributed by atoms with Crippen LogP contribution in [0.5, 0.6) is 0 Å². The van der Waals surface area contributed by atoms with Gasteiger partial charge in [-0.1, -0.05) is 67.0 Å². The first-order valence-electron chi connectivity index (χ1n) is 6.81. The molecule has 0 radical (unpaired) electrons. The molecular formula is C17H20ClNS. The van der Waals surface area contributed by atoms with Crippen LogP contribution in [0.3, 0.4) is 0 Å². The molecule has 106 valence electrons. The average molecular weight is 306 g/mol. The standard InChI is InChI=1S/C17H20ClNS/c1-12(2)19-11-14-5-4-6-16(18)17(14)20-15-9-7-13(3)8-10-15/h4-10,12,19H,11H2,1-3H3. The van der Waals surface area contributed by atoms with E-state index in [-0.39, 0.29) is 0 Å². The number of hydrogen-bond acceptors (Lipinski definition) is 2. The summed E-state index contributed by atoms with van der Waals surface area (Å²) in [6.45, 7) is 7.24. The molecule has 2 rings (SSSR count). The van der Waals surface area contributed by atoms with E-state index in [1.165, 1.54) is 16.0 Å². The van der Waals surface area contributed by atoms with E-state index >= 15 is 0 Å². The molecule has 0 amide bonds. The van der Waals surface area contributed by atoms with Gasteiger partial charge in [-0.2, -0.15) is 0 Å². The lowest BCUT2D eigenvalue weighted by atomic mass is 10.2. The highest BCUT2D eigenvalue weighted by Gasteiger charge is 2.09. The van der Waals surface area contributed by atoms with Crippen molar-refractivity contribution >= 4 is 23.4 Å². The molecule has 0 spiro atoms. The second-order valence-corrected chi connectivity index (χ2v) is 6.67. The van der Waals surface area contributed by atoms with Crippen LogP contribution in [0.4, 0.5) is 0 Å². The van der Waals surface area contributed by atoms with Crippen LogP contribution in [0, 0.1) is 6.92 Å². The smallest absolute Gasteiger partial charge is 0.0548 e. The van der Waals surface area contributed by atoms with E-state index < -0.39 is 0 Å². The Hall–Kier alpha value is -0.960. The maximum atomic E-state index is 6.38. The zero-order valence-electron chi connectivity index (χ0n) is 12.1. The summed E-state index contributed by atoms with van der Waals surface area (Å²) in [7, 11) is 0. The fourth-order valence-electron chi connectivity index (χ4n) is 1.85. The van der Waals surface area contributed by atoms with Gasteiger partial charge in [-0.05, 0) is 30.7 Å². The molecule has 0 fully saturated rings. The fraction of sp³-hybridized carbons (Fsp3) is 0.294. The van der Waals surface area contributed by atoms with Gasteiger partial charge in [0.1, 0.15) is 0 Å². The first kappa shape index (κ1) is 15.4. The summed E-state index contributed by atoms with van der Waals surface area (Å²) in [5.41, 5.74) is 2.52. The van der Waals surface area contributed by atoms with Crippen LogP contribution in [0.25, 0.3) is 0 Å². The van der Waals surface area contributed by atoms with E-state index in [1.807, 2.05) is 12.1 Å². The lowest BCUT2D eigenvalue weighted by Gasteiger charge is -2.14. The third kappa shape index (κ3) is 4.27. The molecule has 0 aromatic heterocycles. The Labute approximate surface area is 130 Å².